The lowest BCUT2D eigenvalue weighted by Crippen LogP contribution is -2.15. The summed E-state index contributed by atoms with van der Waals surface area (Å²) in [6.07, 6.45) is 10.4. The van der Waals surface area contributed by atoms with Gasteiger partial charge in [-0.2, -0.15) is 0 Å². The van der Waals surface area contributed by atoms with Gasteiger partial charge in [0.2, 0.25) is 0 Å². The van der Waals surface area contributed by atoms with E-state index in [0.29, 0.717) is 0 Å². The minimum Gasteiger partial charge on any atom is -0.347 e. The first-order valence-corrected chi connectivity index (χ1v) is 8.25. The molecule has 2 heteroatoms. The van der Waals surface area contributed by atoms with E-state index in [1.165, 1.54) is 35.7 Å². The van der Waals surface area contributed by atoms with Crippen molar-refractivity contribution >= 4 is 10.9 Å². The van der Waals surface area contributed by atoms with E-state index < -0.39 is 0 Å². The highest BCUT2D eigenvalue weighted by Gasteiger charge is 2.07. The van der Waals surface area contributed by atoms with Gasteiger partial charge in [0.15, 0.2) is 0 Å². The predicted octanol–water partition coefficient (Wildman–Crippen LogP) is 4.54. The molecule has 0 bridgehead atoms. The number of aryl methyl sites for hydroxylation is 1. The summed E-state index contributed by atoms with van der Waals surface area (Å²) in [5.41, 5.74) is 2.85. The minimum absolute atomic E-state index is 1.04. The Kier molecular flexibility index (Phi) is 6.55. The van der Waals surface area contributed by atoms with Gasteiger partial charge in [-0.15, -0.1) is 6.58 Å². The molecule has 21 heavy (non-hydrogen) atoms. The summed E-state index contributed by atoms with van der Waals surface area (Å²) in [6, 6.07) is 8.79. The number of hydrogen-bond donors (Lipinski definition) is 1. The molecule has 0 fully saturated rings. The Bertz CT molecular complexity index is 554. The monoisotopic (exact) mass is 284 g/mol. The molecule has 0 aliphatic rings. The molecule has 2 aromatic rings. The number of likely N-dealkylation sites (N-methyl/N-ethyl adjacent to an activating group) is 1. The van der Waals surface area contributed by atoms with Gasteiger partial charge in [0.25, 0.3) is 0 Å². The highest BCUT2D eigenvalue weighted by molar-refractivity contribution is 5.84. The van der Waals surface area contributed by atoms with Crippen LogP contribution in [0.5, 0.6) is 0 Å². The molecule has 0 amide bonds. The summed E-state index contributed by atoms with van der Waals surface area (Å²) >= 11 is 0. The lowest BCUT2D eigenvalue weighted by Gasteiger charge is -2.04. The highest BCUT2D eigenvalue weighted by Crippen LogP contribution is 2.22. The highest BCUT2D eigenvalue weighted by atomic mass is 15.0. The number of nitrogens with zero attached hydrogens (tertiary/aromatic N) is 1. The number of rotatable bonds is 10. The standard InChI is InChI=1S/C19H28N2/c1-3-5-6-7-10-15-21-16-17(13-14-20-4-2)18-11-8-9-12-19(18)21/h3,8-9,11-12,16,20H,1,4-7,10,13-15H2,2H3. The number of hydrogen-bond acceptors (Lipinski definition) is 1. The molecule has 0 aliphatic carbocycles. The minimum atomic E-state index is 1.04. The molecule has 0 aliphatic heterocycles. The fraction of sp³-hybridized carbons (Fsp3) is 0.474. The summed E-state index contributed by atoms with van der Waals surface area (Å²) in [7, 11) is 0. The van der Waals surface area contributed by atoms with Crippen molar-refractivity contribution in [3.8, 4) is 0 Å². The maximum atomic E-state index is 3.79. The lowest BCUT2D eigenvalue weighted by atomic mass is 10.1. The van der Waals surface area contributed by atoms with E-state index in [9.17, 15) is 0 Å². The fourth-order valence-electron chi connectivity index (χ4n) is 2.85. The maximum Gasteiger partial charge on any atom is 0.0483 e. The molecule has 2 rings (SSSR count). The SMILES string of the molecule is C=CCCCCCn1cc(CCNCC)c2ccccc21. The summed E-state index contributed by atoms with van der Waals surface area (Å²) in [6.45, 7) is 9.17. The first kappa shape index (κ1) is 15.8. The zero-order valence-corrected chi connectivity index (χ0v) is 13.3. The Morgan fingerprint density at radius 2 is 2.05 bits per heavy atom. The summed E-state index contributed by atoms with van der Waals surface area (Å²) < 4.78 is 2.44. The third-order valence-corrected chi connectivity index (χ3v) is 4.00. The second kappa shape index (κ2) is 8.68. The first-order chi connectivity index (χ1) is 10.4. The van der Waals surface area contributed by atoms with Gasteiger partial charge < -0.3 is 9.88 Å². The quantitative estimate of drug-likeness (QED) is 0.500. The van der Waals surface area contributed by atoms with Crippen LogP contribution in [-0.4, -0.2) is 17.7 Å². The van der Waals surface area contributed by atoms with Crippen LogP contribution in [0.15, 0.2) is 43.1 Å². The maximum absolute atomic E-state index is 3.79. The van der Waals surface area contributed by atoms with E-state index in [4.69, 9.17) is 0 Å². The zero-order valence-electron chi connectivity index (χ0n) is 13.3. The molecule has 2 nitrogen and oxygen atoms in total. The molecule has 1 heterocycles. The van der Waals surface area contributed by atoms with Crippen LogP contribution in [-0.2, 0) is 13.0 Å². The Hall–Kier alpha value is -1.54. The van der Waals surface area contributed by atoms with E-state index in [0.717, 1.165) is 32.5 Å². The summed E-state index contributed by atoms with van der Waals surface area (Å²) in [5.74, 6) is 0. The molecule has 0 saturated heterocycles. The van der Waals surface area contributed by atoms with Gasteiger partial charge in [0.05, 0.1) is 0 Å². The zero-order chi connectivity index (χ0) is 14.9. The topological polar surface area (TPSA) is 17.0 Å². The number of aromatic nitrogens is 1. The molecule has 0 radical (unpaired) electrons. The van der Waals surface area contributed by atoms with Crippen LogP contribution in [0.25, 0.3) is 10.9 Å². The molecule has 0 spiro atoms. The van der Waals surface area contributed by atoms with Crippen molar-refractivity contribution in [2.45, 2.75) is 45.6 Å². The summed E-state index contributed by atoms with van der Waals surface area (Å²) in [4.78, 5) is 0. The van der Waals surface area contributed by atoms with Crippen molar-refractivity contribution in [1.82, 2.24) is 9.88 Å². The van der Waals surface area contributed by atoms with Crippen LogP contribution in [0.2, 0.25) is 0 Å². The van der Waals surface area contributed by atoms with Crippen LogP contribution < -0.4 is 5.32 Å². The Labute approximate surface area is 128 Å². The third-order valence-electron chi connectivity index (χ3n) is 4.00. The van der Waals surface area contributed by atoms with Crippen LogP contribution in [0.3, 0.4) is 0 Å². The number of benzene rings is 1. The number of unbranched alkanes of at least 4 members (excludes halogenated alkanes) is 3. The average Bonchev–Trinajstić information content (AvgIpc) is 2.86. The molecule has 1 aromatic heterocycles. The van der Waals surface area contributed by atoms with E-state index in [-0.39, 0.29) is 0 Å². The molecule has 1 aromatic carbocycles. The van der Waals surface area contributed by atoms with E-state index in [1.54, 1.807) is 0 Å². The lowest BCUT2D eigenvalue weighted by molar-refractivity contribution is 0.601. The number of nitrogens with one attached hydrogen (secondary N) is 1. The van der Waals surface area contributed by atoms with Gasteiger partial charge in [-0.1, -0.05) is 37.6 Å². The molecule has 1 N–H and O–H groups in total. The van der Waals surface area contributed by atoms with Gasteiger partial charge in [-0.3, -0.25) is 0 Å². The molecule has 0 unspecified atom stereocenters. The van der Waals surface area contributed by atoms with Gasteiger partial charge >= 0.3 is 0 Å². The number of allylic oxidation sites excluding steroid dienone is 1. The van der Waals surface area contributed by atoms with E-state index in [1.807, 2.05) is 6.08 Å². The van der Waals surface area contributed by atoms with Crippen LogP contribution in [0, 0.1) is 0 Å². The van der Waals surface area contributed by atoms with Crippen LogP contribution in [0.4, 0.5) is 0 Å². The van der Waals surface area contributed by atoms with Gasteiger partial charge in [-0.25, -0.2) is 0 Å². The van der Waals surface area contributed by atoms with Gasteiger partial charge in [-0.05, 0) is 50.4 Å². The van der Waals surface area contributed by atoms with Crippen molar-refractivity contribution in [2.24, 2.45) is 0 Å². The number of fused-ring (bicyclic) bond motifs is 1. The third kappa shape index (κ3) is 4.47. The Morgan fingerprint density at radius 3 is 2.86 bits per heavy atom. The summed E-state index contributed by atoms with van der Waals surface area (Å²) in [5, 5.41) is 4.84. The van der Waals surface area contributed by atoms with Crippen molar-refractivity contribution < 1.29 is 0 Å². The van der Waals surface area contributed by atoms with Crippen molar-refractivity contribution in [3.05, 3.63) is 48.7 Å². The predicted molar refractivity (Wildman–Crippen MR) is 92.9 cm³/mol. The largest absolute Gasteiger partial charge is 0.347 e. The van der Waals surface area contributed by atoms with E-state index in [2.05, 4.69) is 53.8 Å². The van der Waals surface area contributed by atoms with Crippen molar-refractivity contribution in [1.29, 1.82) is 0 Å². The molecular formula is C19H28N2. The van der Waals surface area contributed by atoms with Crippen molar-refractivity contribution in [2.75, 3.05) is 13.1 Å². The smallest absolute Gasteiger partial charge is 0.0483 e. The molecular weight excluding hydrogens is 256 g/mol. The second-order valence-electron chi connectivity index (χ2n) is 5.61. The first-order valence-electron chi connectivity index (χ1n) is 8.25. The normalized spacial score (nSPS) is 11.1. The number of para-hydroxylation sites is 1. The second-order valence-corrected chi connectivity index (χ2v) is 5.61. The molecule has 0 atom stereocenters. The molecule has 0 saturated carbocycles. The van der Waals surface area contributed by atoms with Crippen molar-refractivity contribution in [3.63, 3.8) is 0 Å². The Morgan fingerprint density at radius 1 is 1.19 bits per heavy atom. The van der Waals surface area contributed by atoms with Gasteiger partial charge in [0.1, 0.15) is 0 Å². The Balaban J connectivity index is 2.02. The van der Waals surface area contributed by atoms with Gasteiger partial charge in [0, 0.05) is 23.6 Å². The van der Waals surface area contributed by atoms with E-state index >= 15 is 0 Å². The fourth-order valence-corrected chi connectivity index (χ4v) is 2.85. The molecule has 114 valence electrons. The average molecular weight is 284 g/mol. The van der Waals surface area contributed by atoms with Crippen LogP contribution >= 0.6 is 0 Å². The van der Waals surface area contributed by atoms with Crippen LogP contribution in [0.1, 0.15) is 38.2 Å².